The van der Waals surface area contributed by atoms with Crippen LogP contribution in [0.2, 0.25) is 0 Å². The Morgan fingerprint density at radius 2 is 2.33 bits per heavy atom. The first-order valence-electron chi connectivity index (χ1n) is 5.89. The van der Waals surface area contributed by atoms with Crippen LogP contribution in [0.25, 0.3) is 0 Å². The standard InChI is InChI=1S/C14H13NO2S/c16-14(13-2-1-7-18-13)15-9-10-3-4-12-11(8-10)5-6-17-12/h1-4,7-8H,5-6,9H2,(H,15,16). The fourth-order valence-corrected chi connectivity index (χ4v) is 2.67. The summed E-state index contributed by atoms with van der Waals surface area (Å²) in [5.41, 5.74) is 2.35. The van der Waals surface area contributed by atoms with Gasteiger partial charge in [-0.05, 0) is 28.6 Å². The molecule has 0 saturated carbocycles. The molecule has 2 heterocycles. The van der Waals surface area contributed by atoms with Crippen LogP contribution in [-0.2, 0) is 13.0 Å². The summed E-state index contributed by atoms with van der Waals surface area (Å²) in [5, 5.41) is 4.83. The van der Waals surface area contributed by atoms with Crippen molar-refractivity contribution >= 4 is 17.2 Å². The number of ether oxygens (including phenoxy) is 1. The molecule has 92 valence electrons. The Kier molecular flexibility index (Phi) is 3.02. The Bertz CT molecular complexity index is 563. The highest BCUT2D eigenvalue weighted by Gasteiger charge is 2.12. The van der Waals surface area contributed by atoms with Gasteiger partial charge in [0.05, 0.1) is 11.5 Å². The fourth-order valence-electron chi connectivity index (χ4n) is 2.03. The summed E-state index contributed by atoms with van der Waals surface area (Å²) in [6.07, 6.45) is 0.960. The number of nitrogens with one attached hydrogen (secondary N) is 1. The van der Waals surface area contributed by atoms with Gasteiger partial charge in [-0.25, -0.2) is 0 Å². The first-order chi connectivity index (χ1) is 8.83. The lowest BCUT2D eigenvalue weighted by atomic mass is 10.1. The van der Waals surface area contributed by atoms with Gasteiger partial charge in [-0.1, -0.05) is 18.2 Å². The molecule has 3 rings (SSSR count). The number of benzene rings is 1. The van der Waals surface area contributed by atoms with Crippen molar-refractivity contribution in [1.82, 2.24) is 5.32 Å². The van der Waals surface area contributed by atoms with Gasteiger partial charge in [0, 0.05) is 13.0 Å². The Morgan fingerprint density at radius 1 is 1.39 bits per heavy atom. The molecule has 1 N–H and O–H groups in total. The maximum atomic E-state index is 11.8. The van der Waals surface area contributed by atoms with E-state index in [1.165, 1.54) is 16.9 Å². The molecule has 0 atom stereocenters. The largest absolute Gasteiger partial charge is 0.493 e. The molecule has 0 saturated heterocycles. The minimum atomic E-state index is -0.0123. The smallest absolute Gasteiger partial charge is 0.261 e. The Morgan fingerprint density at radius 3 is 3.17 bits per heavy atom. The molecule has 1 aromatic carbocycles. The zero-order chi connectivity index (χ0) is 12.4. The van der Waals surface area contributed by atoms with Gasteiger partial charge in [0.2, 0.25) is 0 Å². The van der Waals surface area contributed by atoms with Crippen LogP contribution in [0.15, 0.2) is 35.7 Å². The quantitative estimate of drug-likeness (QED) is 0.920. The number of fused-ring (bicyclic) bond motifs is 1. The summed E-state index contributed by atoms with van der Waals surface area (Å²) >= 11 is 1.45. The summed E-state index contributed by atoms with van der Waals surface area (Å²) in [6, 6.07) is 9.80. The second-order valence-electron chi connectivity index (χ2n) is 4.20. The molecule has 1 amide bonds. The third kappa shape index (κ3) is 2.24. The lowest BCUT2D eigenvalue weighted by Gasteiger charge is -2.05. The summed E-state index contributed by atoms with van der Waals surface area (Å²) in [7, 11) is 0. The summed E-state index contributed by atoms with van der Waals surface area (Å²) in [5.74, 6) is 0.963. The van der Waals surface area contributed by atoms with Crippen LogP contribution in [0.5, 0.6) is 5.75 Å². The molecule has 4 heteroatoms. The van der Waals surface area contributed by atoms with E-state index in [2.05, 4.69) is 11.4 Å². The van der Waals surface area contributed by atoms with Crippen LogP contribution < -0.4 is 10.1 Å². The lowest BCUT2D eigenvalue weighted by molar-refractivity contribution is 0.0955. The molecular formula is C14H13NO2S. The molecule has 1 aliphatic heterocycles. The van der Waals surface area contributed by atoms with Gasteiger partial charge >= 0.3 is 0 Å². The van der Waals surface area contributed by atoms with Gasteiger partial charge in [-0.3, -0.25) is 4.79 Å². The van der Waals surface area contributed by atoms with Crippen molar-refractivity contribution < 1.29 is 9.53 Å². The SMILES string of the molecule is O=C(NCc1ccc2c(c1)CCO2)c1cccs1. The van der Waals surface area contributed by atoms with Crippen molar-refractivity contribution in [3.63, 3.8) is 0 Å². The number of carbonyl (C=O) groups excluding carboxylic acids is 1. The highest BCUT2D eigenvalue weighted by Crippen LogP contribution is 2.25. The Hall–Kier alpha value is -1.81. The van der Waals surface area contributed by atoms with Crippen molar-refractivity contribution in [3.05, 3.63) is 51.7 Å². The first-order valence-corrected chi connectivity index (χ1v) is 6.77. The van der Waals surface area contributed by atoms with Crippen LogP contribution in [-0.4, -0.2) is 12.5 Å². The van der Waals surface area contributed by atoms with E-state index in [1.54, 1.807) is 0 Å². The first kappa shape index (κ1) is 11.3. The summed E-state index contributed by atoms with van der Waals surface area (Å²) in [6.45, 7) is 1.32. The van der Waals surface area contributed by atoms with E-state index in [0.29, 0.717) is 6.54 Å². The minimum absolute atomic E-state index is 0.0123. The number of rotatable bonds is 3. The van der Waals surface area contributed by atoms with E-state index in [0.717, 1.165) is 29.2 Å². The minimum Gasteiger partial charge on any atom is -0.493 e. The molecule has 1 aromatic heterocycles. The summed E-state index contributed by atoms with van der Waals surface area (Å²) < 4.78 is 5.45. The lowest BCUT2D eigenvalue weighted by Crippen LogP contribution is -2.21. The third-order valence-electron chi connectivity index (χ3n) is 2.95. The number of hydrogen-bond acceptors (Lipinski definition) is 3. The zero-order valence-electron chi connectivity index (χ0n) is 9.81. The van der Waals surface area contributed by atoms with E-state index < -0.39 is 0 Å². The van der Waals surface area contributed by atoms with E-state index in [9.17, 15) is 4.79 Å². The molecule has 0 unspecified atom stereocenters. The maximum absolute atomic E-state index is 11.8. The molecule has 2 aromatic rings. The van der Waals surface area contributed by atoms with Gasteiger partial charge in [0.1, 0.15) is 5.75 Å². The number of amides is 1. The van der Waals surface area contributed by atoms with Crippen molar-refractivity contribution in [1.29, 1.82) is 0 Å². The van der Waals surface area contributed by atoms with E-state index in [-0.39, 0.29) is 5.91 Å². The van der Waals surface area contributed by atoms with Crippen molar-refractivity contribution in [2.75, 3.05) is 6.61 Å². The number of thiophene rings is 1. The van der Waals surface area contributed by atoms with Gasteiger partial charge in [0.25, 0.3) is 5.91 Å². The normalized spacial score (nSPS) is 12.9. The maximum Gasteiger partial charge on any atom is 0.261 e. The van der Waals surface area contributed by atoms with Gasteiger partial charge < -0.3 is 10.1 Å². The second kappa shape index (κ2) is 4.82. The number of hydrogen-bond donors (Lipinski definition) is 1. The zero-order valence-corrected chi connectivity index (χ0v) is 10.6. The molecule has 0 radical (unpaired) electrons. The molecule has 18 heavy (non-hydrogen) atoms. The van der Waals surface area contributed by atoms with E-state index in [1.807, 2.05) is 29.6 Å². The van der Waals surface area contributed by atoms with Crippen LogP contribution in [0.4, 0.5) is 0 Å². The van der Waals surface area contributed by atoms with Crippen LogP contribution in [0, 0.1) is 0 Å². The predicted octanol–water partition coefficient (Wildman–Crippen LogP) is 2.61. The monoisotopic (exact) mass is 259 g/mol. The predicted molar refractivity (Wildman–Crippen MR) is 71.1 cm³/mol. The average Bonchev–Trinajstić information content (AvgIpc) is 3.05. The highest BCUT2D eigenvalue weighted by molar-refractivity contribution is 7.12. The molecule has 3 nitrogen and oxygen atoms in total. The average molecular weight is 259 g/mol. The van der Waals surface area contributed by atoms with E-state index >= 15 is 0 Å². The highest BCUT2D eigenvalue weighted by atomic mass is 32.1. The summed E-state index contributed by atoms with van der Waals surface area (Å²) in [4.78, 5) is 12.5. The molecule has 0 bridgehead atoms. The van der Waals surface area contributed by atoms with E-state index in [4.69, 9.17) is 4.74 Å². The van der Waals surface area contributed by atoms with Crippen molar-refractivity contribution in [3.8, 4) is 5.75 Å². The fraction of sp³-hybridized carbons (Fsp3) is 0.214. The van der Waals surface area contributed by atoms with Gasteiger partial charge in [-0.2, -0.15) is 0 Å². The third-order valence-corrected chi connectivity index (χ3v) is 3.82. The Labute approximate surface area is 109 Å². The molecule has 1 aliphatic rings. The van der Waals surface area contributed by atoms with Gasteiger partial charge in [-0.15, -0.1) is 11.3 Å². The molecule has 0 aliphatic carbocycles. The van der Waals surface area contributed by atoms with Crippen LogP contribution in [0.3, 0.4) is 0 Å². The van der Waals surface area contributed by atoms with Crippen LogP contribution >= 0.6 is 11.3 Å². The molecular weight excluding hydrogens is 246 g/mol. The Balaban J connectivity index is 1.65. The van der Waals surface area contributed by atoms with Gasteiger partial charge in [0.15, 0.2) is 0 Å². The molecule has 0 fully saturated rings. The second-order valence-corrected chi connectivity index (χ2v) is 5.15. The number of carbonyl (C=O) groups is 1. The van der Waals surface area contributed by atoms with Crippen LogP contribution in [0.1, 0.15) is 20.8 Å². The topological polar surface area (TPSA) is 38.3 Å². The van der Waals surface area contributed by atoms with Crippen molar-refractivity contribution in [2.45, 2.75) is 13.0 Å². The van der Waals surface area contributed by atoms with Crippen molar-refractivity contribution in [2.24, 2.45) is 0 Å². The molecule has 0 spiro atoms.